The highest BCUT2D eigenvalue weighted by Crippen LogP contribution is 2.17. The number of thiazole rings is 1. The number of aromatic nitrogens is 2. The van der Waals surface area contributed by atoms with E-state index in [4.69, 9.17) is 0 Å². The molecule has 2 aromatic heterocycles. The van der Waals surface area contributed by atoms with E-state index in [1.165, 1.54) is 4.88 Å². The molecule has 84 valence electrons. The molecule has 0 unspecified atom stereocenters. The quantitative estimate of drug-likeness (QED) is 0.854. The van der Waals surface area contributed by atoms with E-state index in [0.29, 0.717) is 11.0 Å². The third kappa shape index (κ3) is 2.25. The molecule has 0 fully saturated rings. The summed E-state index contributed by atoms with van der Waals surface area (Å²) < 4.78 is 2.24. The Balaban J connectivity index is 2.34. The average Bonchev–Trinajstić information content (AvgIpc) is 2.54. The summed E-state index contributed by atoms with van der Waals surface area (Å²) in [5.41, 5.74) is 1.02. The smallest absolute Gasteiger partial charge is 0.265 e. The van der Waals surface area contributed by atoms with E-state index in [-0.39, 0.29) is 5.56 Å². The van der Waals surface area contributed by atoms with Crippen LogP contribution in [0.2, 0.25) is 0 Å². The van der Waals surface area contributed by atoms with Crippen molar-refractivity contribution in [3.05, 3.63) is 48.7 Å². The molecule has 0 aromatic carbocycles. The van der Waals surface area contributed by atoms with E-state index < -0.39 is 0 Å². The van der Waals surface area contributed by atoms with Crippen LogP contribution in [-0.2, 0) is 6.54 Å². The van der Waals surface area contributed by atoms with E-state index in [1.807, 2.05) is 19.9 Å². The van der Waals surface area contributed by atoms with Gasteiger partial charge in [0.25, 0.3) is 5.56 Å². The van der Waals surface area contributed by atoms with Gasteiger partial charge < -0.3 is 4.57 Å². The van der Waals surface area contributed by atoms with Crippen LogP contribution in [0.15, 0.2) is 27.6 Å². The van der Waals surface area contributed by atoms with Gasteiger partial charge in [-0.25, -0.2) is 4.98 Å². The van der Waals surface area contributed by atoms with Gasteiger partial charge in [0, 0.05) is 11.1 Å². The molecule has 0 saturated carbocycles. The van der Waals surface area contributed by atoms with Crippen molar-refractivity contribution in [1.82, 2.24) is 9.55 Å². The van der Waals surface area contributed by atoms with E-state index in [0.717, 1.165) is 10.7 Å². The highest BCUT2D eigenvalue weighted by atomic mass is 79.9. The van der Waals surface area contributed by atoms with E-state index in [1.54, 1.807) is 28.2 Å². The average molecular weight is 299 g/mol. The third-order valence-corrected chi connectivity index (χ3v) is 4.01. The lowest BCUT2D eigenvalue weighted by Crippen LogP contribution is -2.20. The van der Waals surface area contributed by atoms with Crippen LogP contribution in [0.25, 0.3) is 0 Å². The lowest BCUT2D eigenvalue weighted by molar-refractivity contribution is 0.748. The molecule has 0 N–H and O–H groups in total. The van der Waals surface area contributed by atoms with Crippen molar-refractivity contribution >= 4 is 27.3 Å². The summed E-state index contributed by atoms with van der Waals surface area (Å²) in [4.78, 5) is 17.4. The second-order valence-corrected chi connectivity index (χ2v) is 5.68. The topological polar surface area (TPSA) is 34.9 Å². The standard InChI is InChI=1S/C11H11BrN2OS/c1-7-8(2)16-10(13-7)6-14-5-3-4-9(12)11(14)15/h3-5H,6H2,1-2H3. The zero-order chi connectivity index (χ0) is 11.7. The number of halogens is 1. The van der Waals surface area contributed by atoms with Crippen molar-refractivity contribution in [2.24, 2.45) is 0 Å². The number of pyridine rings is 1. The summed E-state index contributed by atoms with van der Waals surface area (Å²) in [7, 11) is 0. The molecule has 16 heavy (non-hydrogen) atoms. The Hall–Kier alpha value is -0.940. The molecule has 0 aliphatic rings. The van der Waals surface area contributed by atoms with Gasteiger partial charge in [-0.2, -0.15) is 0 Å². The Morgan fingerprint density at radius 2 is 2.25 bits per heavy atom. The number of nitrogens with zero attached hydrogens (tertiary/aromatic N) is 2. The minimum atomic E-state index is -0.0204. The molecule has 0 amide bonds. The van der Waals surface area contributed by atoms with Crippen molar-refractivity contribution in [2.75, 3.05) is 0 Å². The van der Waals surface area contributed by atoms with Gasteiger partial charge in [0.05, 0.1) is 16.7 Å². The second-order valence-electron chi connectivity index (χ2n) is 3.54. The summed E-state index contributed by atoms with van der Waals surface area (Å²) in [6.07, 6.45) is 1.78. The highest BCUT2D eigenvalue weighted by Gasteiger charge is 2.06. The first-order valence-corrected chi connectivity index (χ1v) is 6.46. The third-order valence-electron chi connectivity index (χ3n) is 2.35. The largest absolute Gasteiger partial charge is 0.308 e. The Kier molecular flexibility index (Phi) is 3.25. The van der Waals surface area contributed by atoms with Crippen LogP contribution in [0, 0.1) is 13.8 Å². The van der Waals surface area contributed by atoms with Crippen molar-refractivity contribution in [3.63, 3.8) is 0 Å². The molecule has 5 heteroatoms. The van der Waals surface area contributed by atoms with Gasteiger partial charge in [0.15, 0.2) is 0 Å². The zero-order valence-corrected chi connectivity index (χ0v) is 11.4. The fourth-order valence-electron chi connectivity index (χ4n) is 1.38. The molecule has 0 bridgehead atoms. The normalized spacial score (nSPS) is 10.7. The number of hydrogen-bond acceptors (Lipinski definition) is 3. The van der Waals surface area contributed by atoms with Gasteiger partial charge in [0.1, 0.15) is 5.01 Å². The van der Waals surface area contributed by atoms with Crippen LogP contribution in [0.5, 0.6) is 0 Å². The second kappa shape index (κ2) is 4.51. The number of hydrogen-bond donors (Lipinski definition) is 0. The van der Waals surface area contributed by atoms with Crippen LogP contribution in [0.1, 0.15) is 15.6 Å². The molecule has 0 aliphatic heterocycles. The summed E-state index contributed by atoms with van der Waals surface area (Å²) >= 11 is 4.87. The van der Waals surface area contributed by atoms with Crippen LogP contribution < -0.4 is 5.56 Å². The SMILES string of the molecule is Cc1nc(Cn2cccc(Br)c2=O)sc1C. The lowest BCUT2D eigenvalue weighted by atomic mass is 10.4. The molecule has 0 saturated heterocycles. The minimum Gasteiger partial charge on any atom is -0.308 e. The van der Waals surface area contributed by atoms with Crippen LogP contribution in [-0.4, -0.2) is 9.55 Å². The summed E-state index contributed by atoms with van der Waals surface area (Å²) in [6.45, 7) is 4.57. The van der Waals surface area contributed by atoms with Crippen LogP contribution in [0.4, 0.5) is 0 Å². The van der Waals surface area contributed by atoms with E-state index >= 15 is 0 Å². The fourth-order valence-corrected chi connectivity index (χ4v) is 2.70. The van der Waals surface area contributed by atoms with Crippen molar-refractivity contribution in [3.8, 4) is 0 Å². The molecular weight excluding hydrogens is 288 g/mol. The predicted molar refractivity (Wildman–Crippen MR) is 69.1 cm³/mol. The summed E-state index contributed by atoms with van der Waals surface area (Å²) in [5, 5.41) is 0.968. The van der Waals surface area contributed by atoms with Gasteiger partial charge >= 0.3 is 0 Å². The van der Waals surface area contributed by atoms with E-state index in [2.05, 4.69) is 20.9 Å². The number of rotatable bonds is 2. The fraction of sp³-hybridized carbons (Fsp3) is 0.273. The number of aryl methyl sites for hydroxylation is 2. The first-order chi connectivity index (χ1) is 7.58. The summed E-state index contributed by atoms with van der Waals surface area (Å²) in [5.74, 6) is 0. The van der Waals surface area contributed by atoms with Gasteiger partial charge in [-0.3, -0.25) is 4.79 Å². The van der Waals surface area contributed by atoms with Crippen molar-refractivity contribution < 1.29 is 0 Å². The van der Waals surface area contributed by atoms with Crippen LogP contribution in [0.3, 0.4) is 0 Å². The maximum atomic E-state index is 11.8. The maximum Gasteiger partial charge on any atom is 0.265 e. The Bertz CT molecular complexity index is 554. The van der Waals surface area contributed by atoms with E-state index in [9.17, 15) is 4.79 Å². The predicted octanol–water partition coefficient (Wildman–Crippen LogP) is 2.73. The van der Waals surface area contributed by atoms with Gasteiger partial charge in [-0.1, -0.05) is 0 Å². The molecule has 2 rings (SSSR count). The molecule has 0 radical (unpaired) electrons. The Morgan fingerprint density at radius 1 is 1.50 bits per heavy atom. The molecule has 2 heterocycles. The Morgan fingerprint density at radius 3 is 2.88 bits per heavy atom. The first-order valence-electron chi connectivity index (χ1n) is 4.86. The zero-order valence-electron chi connectivity index (χ0n) is 9.03. The van der Waals surface area contributed by atoms with Crippen molar-refractivity contribution in [2.45, 2.75) is 20.4 Å². The molecular formula is C11H11BrN2OS. The van der Waals surface area contributed by atoms with Gasteiger partial charge in [0.2, 0.25) is 0 Å². The highest BCUT2D eigenvalue weighted by molar-refractivity contribution is 9.10. The molecule has 3 nitrogen and oxygen atoms in total. The first kappa shape index (κ1) is 11.5. The van der Waals surface area contributed by atoms with Gasteiger partial charge in [-0.05, 0) is 41.9 Å². The lowest BCUT2D eigenvalue weighted by Gasteiger charge is -2.02. The maximum absolute atomic E-state index is 11.8. The molecule has 0 spiro atoms. The monoisotopic (exact) mass is 298 g/mol. The minimum absolute atomic E-state index is 0.0204. The molecule has 0 atom stereocenters. The Labute approximate surface area is 106 Å². The molecule has 0 aliphatic carbocycles. The van der Waals surface area contributed by atoms with Gasteiger partial charge in [-0.15, -0.1) is 11.3 Å². The van der Waals surface area contributed by atoms with Crippen LogP contribution >= 0.6 is 27.3 Å². The van der Waals surface area contributed by atoms with Crippen molar-refractivity contribution in [1.29, 1.82) is 0 Å². The summed E-state index contributed by atoms with van der Waals surface area (Å²) in [6, 6.07) is 3.59. The molecule has 2 aromatic rings.